The number of carbonyl (C=O) groups is 2. The smallest absolute Gasteiger partial charge is 0.246 e. The molecule has 0 aliphatic carbocycles. The van der Waals surface area contributed by atoms with Gasteiger partial charge in [-0.3, -0.25) is 9.59 Å². The minimum atomic E-state index is -0.165. The average Bonchev–Trinajstić information content (AvgIpc) is 2.79. The van der Waals surface area contributed by atoms with Crippen molar-refractivity contribution in [1.29, 1.82) is 0 Å². The number of nitrogens with zero attached hydrogens (tertiary/aromatic N) is 1. The van der Waals surface area contributed by atoms with Crippen molar-refractivity contribution in [2.45, 2.75) is 0 Å². The summed E-state index contributed by atoms with van der Waals surface area (Å²) in [7, 11) is 0. The molecule has 6 heteroatoms. The second-order valence-electron chi connectivity index (χ2n) is 3.79. The van der Waals surface area contributed by atoms with Gasteiger partial charge in [-0.25, -0.2) is 0 Å². The maximum Gasteiger partial charge on any atom is 0.246 e. The van der Waals surface area contributed by atoms with Gasteiger partial charge in [0.25, 0.3) is 0 Å². The Labute approximate surface area is 97.1 Å². The topological polar surface area (TPSA) is 67.9 Å². The number of anilines is 1. The van der Waals surface area contributed by atoms with Gasteiger partial charge in [0.2, 0.25) is 18.6 Å². The van der Waals surface area contributed by atoms with Crippen LogP contribution >= 0.6 is 0 Å². The summed E-state index contributed by atoms with van der Waals surface area (Å²) in [5, 5.41) is 2.50. The van der Waals surface area contributed by atoms with Crippen molar-refractivity contribution >= 4 is 17.5 Å². The Morgan fingerprint density at radius 3 is 2.88 bits per heavy atom. The van der Waals surface area contributed by atoms with Crippen molar-refractivity contribution in [2.24, 2.45) is 0 Å². The van der Waals surface area contributed by atoms with E-state index in [4.69, 9.17) is 9.47 Å². The summed E-state index contributed by atoms with van der Waals surface area (Å²) in [6, 6.07) is 5.18. The largest absolute Gasteiger partial charge is 0.454 e. The van der Waals surface area contributed by atoms with Gasteiger partial charge in [-0.1, -0.05) is 0 Å². The molecule has 17 heavy (non-hydrogen) atoms. The molecular weight excluding hydrogens is 224 g/mol. The van der Waals surface area contributed by atoms with E-state index in [0.29, 0.717) is 17.2 Å². The van der Waals surface area contributed by atoms with Crippen LogP contribution in [-0.2, 0) is 9.59 Å². The van der Waals surface area contributed by atoms with Crippen molar-refractivity contribution in [3.63, 3.8) is 0 Å². The summed E-state index contributed by atoms with van der Waals surface area (Å²) in [6.45, 7) is 0.263. The number of ether oxygens (including phenoxy) is 2. The summed E-state index contributed by atoms with van der Waals surface area (Å²) < 4.78 is 10.4. The quantitative estimate of drug-likeness (QED) is 0.735. The van der Waals surface area contributed by atoms with Crippen molar-refractivity contribution in [1.82, 2.24) is 5.32 Å². The van der Waals surface area contributed by atoms with Gasteiger partial charge in [0.1, 0.15) is 6.54 Å². The number of hydrogen-bond donors (Lipinski definition) is 1. The number of rotatable bonds is 1. The number of hydrogen-bond acceptors (Lipinski definition) is 4. The van der Waals surface area contributed by atoms with Crippen molar-refractivity contribution in [3.8, 4) is 11.5 Å². The van der Waals surface area contributed by atoms with E-state index in [2.05, 4.69) is 5.32 Å². The van der Waals surface area contributed by atoms with E-state index >= 15 is 0 Å². The molecule has 2 aliphatic rings. The Balaban J connectivity index is 1.92. The highest BCUT2D eigenvalue weighted by Gasteiger charge is 2.25. The molecule has 0 unspecified atom stereocenters. The molecule has 0 radical (unpaired) electrons. The normalized spacial score (nSPS) is 18.2. The SMILES string of the molecule is O=C1CN(c2ccc3c(c2)OCO3)C(=O)CN1. The molecule has 0 saturated carbocycles. The van der Waals surface area contributed by atoms with E-state index in [1.807, 2.05) is 0 Å². The molecule has 6 nitrogen and oxygen atoms in total. The minimum Gasteiger partial charge on any atom is -0.454 e. The summed E-state index contributed by atoms with van der Waals surface area (Å²) in [4.78, 5) is 24.4. The molecule has 1 saturated heterocycles. The van der Waals surface area contributed by atoms with Crippen LogP contribution in [0.4, 0.5) is 5.69 Å². The van der Waals surface area contributed by atoms with Crippen LogP contribution in [0.25, 0.3) is 0 Å². The van der Waals surface area contributed by atoms with Crippen LogP contribution in [0.15, 0.2) is 18.2 Å². The number of carbonyl (C=O) groups excluding carboxylic acids is 2. The zero-order valence-electron chi connectivity index (χ0n) is 8.93. The number of fused-ring (bicyclic) bond motifs is 1. The second-order valence-corrected chi connectivity index (χ2v) is 3.79. The van der Waals surface area contributed by atoms with Crippen molar-refractivity contribution < 1.29 is 19.1 Å². The van der Waals surface area contributed by atoms with E-state index in [1.165, 1.54) is 4.90 Å². The Hall–Kier alpha value is -2.24. The maximum atomic E-state index is 11.7. The second kappa shape index (κ2) is 3.65. The number of amides is 2. The van der Waals surface area contributed by atoms with Crippen molar-refractivity contribution in [2.75, 3.05) is 24.8 Å². The lowest BCUT2D eigenvalue weighted by Crippen LogP contribution is -2.51. The number of nitrogens with one attached hydrogen (secondary N) is 1. The highest BCUT2D eigenvalue weighted by molar-refractivity contribution is 6.04. The lowest BCUT2D eigenvalue weighted by molar-refractivity contribution is -0.128. The molecule has 0 aromatic heterocycles. The highest BCUT2D eigenvalue weighted by Crippen LogP contribution is 2.35. The fourth-order valence-corrected chi connectivity index (χ4v) is 1.85. The highest BCUT2D eigenvalue weighted by atomic mass is 16.7. The van der Waals surface area contributed by atoms with Crippen LogP contribution in [0.1, 0.15) is 0 Å². The van der Waals surface area contributed by atoms with Gasteiger partial charge in [-0.15, -0.1) is 0 Å². The molecule has 0 atom stereocenters. The molecular formula is C11H10N2O4. The fourth-order valence-electron chi connectivity index (χ4n) is 1.85. The molecule has 1 aromatic carbocycles. The summed E-state index contributed by atoms with van der Waals surface area (Å²) >= 11 is 0. The van der Waals surface area contributed by atoms with E-state index in [0.717, 1.165) is 0 Å². The molecule has 88 valence electrons. The van der Waals surface area contributed by atoms with E-state index < -0.39 is 0 Å². The predicted octanol–water partition coefficient (Wildman–Crippen LogP) is -0.122. The molecule has 0 bridgehead atoms. The molecule has 2 amide bonds. The maximum absolute atomic E-state index is 11.7. The molecule has 1 aromatic rings. The first-order valence-electron chi connectivity index (χ1n) is 5.21. The van der Waals surface area contributed by atoms with Crippen molar-refractivity contribution in [3.05, 3.63) is 18.2 Å². The summed E-state index contributed by atoms with van der Waals surface area (Å²) in [5.41, 5.74) is 0.647. The van der Waals surface area contributed by atoms with Gasteiger partial charge in [0.05, 0.1) is 6.54 Å². The van der Waals surface area contributed by atoms with Crippen LogP contribution in [0.5, 0.6) is 11.5 Å². The molecule has 3 rings (SSSR count). The first-order chi connectivity index (χ1) is 8.24. The molecule has 2 heterocycles. The van der Waals surface area contributed by atoms with Gasteiger partial charge in [-0.05, 0) is 12.1 Å². The van der Waals surface area contributed by atoms with Gasteiger partial charge < -0.3 is 19.7 Å². The van der Waals surface area contributed by atoms with Crippen LogP contribution < -0.4 is 19.7 Å². The average molecular weight is 234 g/mol. The minimum absolute atomic E-state index is 0.0350. The Morgan fingerprint density at radius 2 is 2.00 bits per heavy atom. The van der Waals surface area contributed by atoms with Gasteiger partial charge in [-0.2, -0.15) is 0 Å². The standard InChI is InChI=1S/C11H10N2O4/c14-10-5-13(11(15)4-12-10)7-1-2-8-9(3-7)17-6-16-8/h1-3H,4-6H2,(H,12,14). The molecule has 2 aliphatic heterocycles. The third kappa shape index (κ3) is 1.67. The van der Waals surface area contributed by atoms with Crippen LogP contribution in [-0.4, -0.2) is 31.7 Å². The number of piperazine rings is 1. The third-order valence-electron chi connectivity index (χ3n) is 2.71. The zero-order chi connectivity index (χ0) is 11.8. The third-order valence-corrected chi connectivity index (χ3v) is 2.71. The lowest BCUT2D eigenvalue weighted by atomic mass is 10.2. The Morgan fingerprint density at radius 1 is 1.18 bits per heavy atom. The number of benzene rings is 1. The molecule has 1 fully saturated rings. The Kier molecular flexibility index (Phi) is 2.14. The first-order valence-corrected chi connectivity index (χ1v) is 5.21. The van der Waals surface area contributed by atoms with Crippen LogP contribution in [0.3, 0.4) is 0 Å². The summed E-state index contributed by atoms with van der Waals surface area (Å²) in [5.74, 6) is 0.953. The summed E-state index contributed by atoms with van der Waals surface area (Å²) in [6.07, 6.45) is 0. The van der Waals surface area contributed by atoms with Crippen LogP contribution in [0.2, 0.25) is 0 Å². The predicted molar refractivity (Wildman–Crippen MR) is 57.9 cm³/mol. The monoisotopic (exact) mass is 234 g/mol. The molecule has 1 N–H and O–H groups in total. The Bertz CT molecular complexity index is 500. The fraction of sp³-hybridized carbons (Fsp3) is 0.273. The van der Waals surface area contributed by atoms with Gasteiger partial charge >= 0.3 is 0 Å². The van der Waals surface area contributed by atoms with E-state index in [9.17, 15) is 9.59 Å². The van der Waals surface area contributed by atoms with E-state index in [-0.39, 0.29) is 31.7 Å². The molecule has 0 spiro atoms. The van der Waals surface area contributed by atoms with Gasteiger partial charge in [0.15, 0.2) is 11.5 Å². The lowest BCUT2D eigenvalue weighted by Gasteiger charge is -2.26. The van der Waals surface area contributed by atoms with E-state index in [1.54, 1.807) is 18.2 Å². The first kappa shape index (κ1) is 9.95. The van der Waals surface area contributed by atoms with Crippen LogP contribution in [0, 0.1) is 0 Å². The zero-order valence-corrected chi connectivity index (χ0v) is 8.93. The van der Waals surface area contributed by atoms with Gasteiger partial charge in [0, 0.05) is 11.8 Å².